The number of rotatable bonds is 4. The fourth-order valence-electron chi connectivity index (χ4n) is 2.79. The fraction of sp³-hybridized carbons (Fsp3) is 0.438. The van der Waals surface area contributed by atoms with Crippen molar-refractivity contribution in [2.24, 2.45) is 11.8 Å². The highest BCUT2D eigenvalue weighted by Gasteiger charge is 2.27. The lowest BCUT2D eigenvalue weighted by Crippen LogP contribution is -2.46. The van der Waals surface area contributed by atoms with E-state index in [4.69, 9.17) is 10.6 Å². The lowest BCUT2D eigenvalue weighted by atomic mass is 9.89. The van der Waals surface area contributed by atoms with Crippen molar-refractivity contribution in [2.75, 3.05) is 6.61 Å². The highest BCUT2D eigenvalue weighted by molar-refractivity contribution is 7.11. The molecule has 0 amide bonds. The minimum absolute atomic E-state index is 0.184. The number of hydrazine groups is 1. The summed E-state index contributed by atoms with van der Waals surface area (Å²) in [6.45, 7) is 4.87. The molecule has 1 aliphatic heterocycles. The standard InChI is InChI=1S/C16H21N3OS/c1-10-11(2)21-16(18-10)8-14(19-17)13-7-12-5-3-4-6-15(12)20-9-13/h3-6,13-14,19H,7-9,17H2,1-2H3. The molecule has 0 spiro atoms. The Balaban J connectivity index is 1.72. The van der Waals surface area contributed by atoms with Crippen LogP contribution in [0.1, 0.15) is 21.1 Å². The SMILES string of the molecule is Cc1nc(CC(NN)C2COc3ccccc3C2)sc1C. The molecule has 2 atom stereocenters. The van der Waals surface area contributed by atoms with E-state index >= 15 is 0 Å². The number of thiazole rings is 1. The van der Waals surface area contributed by atoms with Crippen LogP contribution in [-0.4, -0.2) is 17.6 Å². The number of nitrogens with two attached hydrogens (primary N) is 1. The molecule has 21 heavy (non-hydrogen) atoms. The maximum absolute atomic E-state index is 5.87. The van der Waals surface area contributed by atoms with Crippen molar-refractivity contribution in [2.45, 2.75) is 32.7 Å². The highest BCUT2D eigenvalue weighted by Crippen LogP contribution is 2.29. The Bertz CT molecular complexity index is 606. The number of hydrogen-bond donors (Lipinski definition) is 2. The second-order valence-electron chi connectivity index (χ2n) is 5.61. The van der Waals surface area contributed by atoms with Gasteiger partial charge in [-0.2, -0.15) is 0 Å². The van der Waals surface area contributed by atoms with Gasteiger partial charge in [-0.05, 0) is 31.9 Å². The number of nitrogens with one attached hydrogen (secondary N) is 1. The lowest BCUT2D eigenvalue weighted by molar-refractivity contribution is 0.183. The number of aryl methyl sites for hydroxylation is 2. The van der Waals surface area contributed by atoms with Crippen LogP contribution in [0.2, 0.25) is 0 Å². The van der Waals surface area contributed by atoms with E-state index < -0.39 is 0 Å². The van der Waals surface area contributed by atoms with Crippen molar-refractivity contribution in [1.82, 2.24) is 10.4 Å². The van der Waals surface area contributed by atoms with E-state index in [9.17, 15) is 0 Å². The van der Waals surface area contributed by atoms with Crippen molar-refractivity contribution in [1.29, 1.82) is 0 Å². The molecule has 0 aliphatic carbocycles. The monoisotopic (exact) mass is 303 g/mol. The number of aromatic nitrogens is 1. The van der Waals surface area contributed by atoms with Gasteiger partial charge in [-0.25, -0.2) is 4.98 Å². The third-order valence-electron chi connectivity index (χ3n) is 4.16. The topological polar surface area (TPSA) is 60.2 Å². The first-order chi connectivity index (χ1) is 10.2. The van der Waals surface area contributed by atoms with Gasteiger partial charge in [0.2, 0.25) is 0 Å². The summed E-state index contributed by atoms with van der Waals surface area (Å²) in [5.41, 5.74) is 5.35. The number of hydrogen-bond acceptors (Lipinski definition) is 5. The molecule has 0 bridgehead atoms. The lowest BCUT2D eigenvalue weighted by Gasteiger charge is -2.30. The summed E-state index contributed by atoms with van der Waals surface area (Å²) < 4.78 is 5.87. The molecule has 0 fully saturated rings. The first-order valence-corrected chi connectivity index (χ1v) is 8.08. The Morgan fingerprint density at radius 3 is 2.95 bits per heavy atom. The summed E-state index contributed by atoms with van der Waals surface area (Å²) in [5, 5.41) is 1.15. The van der Waals surface area contributed by atoms with Crippen molar-refractivity contribution in [3.05, 3.63) is 45.4 Å². The van der Waals surface area contributed by atoms with Gasteiger partial charge in [0.1, 0.15) is 5.75 Å². The summed E-state index contributed by atoms with van der Waals surface area (Å²) in [7, 11) is 0. The second-order valence-corrected chi connectivity index (χ2v) is 6.90. The Kier molecular flexibility index (Phi) is 4.24. The van der Waals surface area contributed by atoms with Gasteiger partial charge in [0.25, 0.3) is 0 Å². The van der Waals surface area contributed by atoms with Gasteiger partial charge in [-0.15, -0.1) is 11.3 Å². The zero-order valence-corrected chi connectivity index (χ0v) is 13.2. The van der Waals surface area contributed by atoms with Crippen molar-refractivity contribution >= 4 is 11.3 Å². The first kappa shape index (κ1) is 14.5. The maximum Gasteiger partial charge on any atom is 0.122 e. The van der Waals surface area contributed by atoms with E-state index in [1.54, 1.807) is 11.3 Å². The van der Waals surface area contributed by atoms with Gasteiger partial charge in [-0.3, -0.25) is 11.3 Å². The van der Waals surface area contributed by atoms with Crippen LogP contribution in [0.25, 0.3) is 0 Å². The number of fused-ring (bicyclic) bond motifs is 1. The Hall–Kier alpha value is -1.43. The fourth-order valence-corrected chi connectivity index (χ4v) is 3.78. The normalized spacial score (nSPS) is 18.9. The van der Waals surface area contributed by atoms with Gasteiger partial charge in [-0.1, -0.05) is 18.2 Å². The molecule has 4 nitrogen and oxygen atoms in total. The third kappa shape index (κ3) is 3.10. The smallest absolute Gasteiger partial charge is 0.122 e. The van der Waals surface area contributed by atoms with Crippen LogP contribution in [0.5, 0.6) is 5.75 Å². The van der Waals surface area contributed by atoms with E-state index in [0.29, 0.717) is 12.5 Å². The Morgan fingerprint density at radius 2 is 2.24 bits per heavy atom. The van der Waals surface area contributed by atoms with Gasteiger partial charge >= 0.3 is 0 Å². The zero-order chi connectivity index (χ0) is 14.8. The van der Waals surface area contributed by atoms with Crippen LogP contribution >= 0.6 is 11.3 Å². The molecule has 3 N–H and O–H groups in total. The summed E-state index contributed by atoms with van der Waals surface area (Å²) in [6, 6.07) is 8.42. The molecule has 5 heteroatoms. The predicted octanol–water partition coefficient (Wildman–Crippen LogP) is 2.39. The van der Waals surface area contributed by atoms with Crippen LogP contribution in [0.3, 0.4) is 0 Å². The number of ether oxygens (including phenoxy) is 1. The molecule has 2 heterocycles. The first-order valence-electron chi connectivity index (χ1n) is 7.27. The molecule has 0 radical (unpaired) electrons. The van der Waals surface area contributed by atoms with E-state index in [0.717, 1.165) is 29.3 Å². The molecular formula is C16H21N3OS. The van der Waals surface area contributed by atoms with E-state index in [2.05, 4.69) is 36.4 Å². The van der Waals surface area contributed by atoms with Crippen molar-refractivity contribution in [3.8, 4) is 5.75 Å². The van der Waals surface area contributed by atoms with Crippen LogP contribution in [0.15, 0.2) is 24.3 Å². The molecule has 1 aliphatic rings. The van der Waals surface area contributed by atoms with Crippen LogP contribution in [-0.2, 0) is 12.8 Å². The molecule has 0 saturated carbocycles. The zero-order valence-electron chi connectivity index (χ0n) is 12.4. The average molecular weight is 303 g/mol. The molecular weight excluding hydrogens is 282 g/mol. The molecule has 0 saturated heterocycles. The minimum atomic E-state index is 0.184. The van der Waals surface area contributed by atoms with Crippen molar-refractivity contribution < 1.29 is 4.74 Å². The van der Waals surface area contributed by atoms with Crippen LogP contribution < -0.4 is 16.0 Å². The van der Waals surface area contributed by atoms with Gasteiger partial charge in [0.05, 0.1) is 17.3 Å². The summed E-state index contributed by atoms with van der Waals surface area (Å²) in [5.74, 6) is 7.16. The van der Waals surface area contributed by atoms with Gasteiger partial charge in [0, 0.05) is 23.3 Å². The number of para-hydroxylation sites is 1. The number of benzene rings is 1. The number of nitrogens with zero attached hydrogens (tertiary/aromatic N) is 1. The van der Waals surface area contributed by atoms with Crippen LogP contribution in [0.4, 0.5) is 0 Å². The average Bonchev–Trinajstić information content (AvgIpc) is 2.82. The molecule has 112 valence electrons. The molecule has 1 aromatic carbocycles. The predicted molar refractivity (Wildman–Crippen MR) is 85.5 cm³/mol. The van der Waals surface area contributed by atoms with Crippen LogP contribution in [0, 0.1) is 19.8 Å². The molecule has 3 rings (SSSR count). The summed E-state index contributed by atoms with van der Waals surface area (Å²) >= 11 is 1.76. The van der Waals surface area contributed by atoms with E-state index in [1.165, 1.54) is 10.4 Å². The maximum atomic E-state index is 5.87. The molecule has 1 aromatic heterocycles. The quantitative estimate of drug-likeness (QED) is 0.672. The summed E-state index contributed by atoms with van der Waals surface area (Å²) in [4.78, 5) is 5.90. The Morgan fingerprint density at radius 1 is 1.43 bits per heavy atom. The largest absolute Gasteiger partial charge is 0.493 e. The van der Waals surface area contributed by atoms with E-state index in [-0.39, 0.29) is 6.04 Å². The van der Waals surface area contributed by atoms with Crippen molar-refractivity contribution in [3.63, 3.8) is 0 Å². The molecule has 2 unspecified atom stereocenters. The molecule has 2 aromatic rings. The van der Waals surface area contributed by atoms with Gasteiger partial charge < -0.3 is 4.74 Å². The van der Waals surface area contributed by atoms with E-state index in [1.807, 2.05) is 12.1 Å². The minimum Gasteiger partial charge on any atom is -0.493 e. The van der Waals surface area contributed by atoms with Gasteiger partial charge in [0.15, 0.2) is 0 Å². The third-order valence-corrected chi connectivity index (χ3v) is 5.25. The summed E-state index contributed by atoms with van der Waals surface area (Å²) in [6.07, 6.45) is 1.85. The highest BCUT2D eigenvalue weighted by atomic mass is 32.1. The Labute approximate surface area is 129 Å². The second kappa shape index (κ2) is 6.13.